The molecule has 1 amide bonds. The SMILES string of the molecule is Cc1ccc(-c2cc(C(=O)NCC3CC3)nc(N)n2)o1. The molecule has 0 aromatic carbocycles. The zero-order chi connectivity index (χ0) is 14.1. The third-order valence-corrected chi connectivity index (χ3v) is 3.22. The minimum Gasteiger partial charge on any atom is -0.460 e. The fraction of sp³-hybridized carbons (Fsp3) is 0.357. The van der Waals surface area contributed by atoms with Crippen molar-refractivity contribution < 1.29 is 9.21 Å². The Morgan fingerprint density at radius 1 is 1.45 bits per heavy atom. The molecule has 0 unspecified atom stereocenters. The normalized spacial score (nSPS) is 14.2. The summed E-state index contributed by atoms with van der Waals surface area (Å²) in [5.41, 5.74) is 6.45. The van der Waals surface area contributed by atoms with Gasteiger partial charge in [0.2, 0.25) is 5.95 Å². The van der Waals surface area contributed by atoms with Crippen LogP contribution in [0.25, 0.3) is 11.5 Å². The Hall–Kier alpha value is -2.37. The van der Waals surface area contributed by atoms with Crippen molar-refractivity contribution in [3.63, 3.8) is 0 Å². The van der Waals surface area contributed by atoms with Gasteiger partial charge in [-0.3, -0.25) is 4.79 Å². The molecule has 1 fully saturated rings. The highest BCUT2D eigenvalue weighted by Crippen LogP contribution is 2.27. The first-order valence-electron chi connectivity index (χ1n) is 6.61. The van der Waals surface area contributed by atoms with Gasteiger partial charge in [0.1, 0.15) is 17.1 Å². The summed E-state index contributed by atoms with van der Waals surface area (Å²) in [7, 11) is 0. The molecule has 0 bridgehead atoms. The summed E-state index contributed by atoms with van der Waals surface area (Å²) >= 11 is 0. The number of rotatable bonds is 4. The van der Waals surface area contributed by atoms with E-state index < -0.39 is 0 Å². The smallest absolute Gasteiger partial charge is 0.270 e. The molecule has 3 N–H and O–H groups in total. The summed E-state index contributed by atoms with van der Waals surface area (Å²) in [5.74, 6) is 1.80. The number of anilines is 1. The molecule has 0 atom stereocenters. The van der Waals surface area contributed by atoms with E-state index in [2.05, 4.69) is 15.3 Å². The lowest BCUT2D eigenvalue weighted by Crippen LogP contribution is -2.26. The molecule has 1 aliphatic carbocycles. The molecule has 3 rings (SSSR count). The van der Waals surface area contributed by atoms with Crippen LogP contribution in [0.5, 0.6) is 0 Å². The Bertz CT molecular complexity index is 646. The van der Waals surface area contributed by atoms with Crippen LogP contribution in [0.15, 0.2) is 22.6 Å². The lowest BCUT2D eigenvalue weighted by molar-refractivity contribution is 0.0947. The predicted molar refractivity (Wildman–Crippen MR) is 73.9 cm³/mol. The van der Waals surface area contributed by atoms with Gasteiger partial charge in [0.15, 0.2) is 5.76 Å². The number of aryl methyl sites for hydroxylation is 1. The molecule has 1 saturated carbocycles. The maximum Gasteiger partial charge on any atom is 0.270 e. The van der Waals surface area contributed by atoms with E-state index in [9.17, 15) is 4.79 Å². The molecule has 0 spiro atoms. The van der Waals surface area contributed by atoms with Gasteiger partial charge in [-0.25, -0.2) is 9.97 Å². The molecule has 2 aromatic heterocycles. The van der Waals surface area contributed by atoms with Crippen molar-refractivity contribution in [2.75, 3.05) is 12.3 Å². The second kappa shape index (κ2) is 4.96. The van der Waals surface area contributed by atoms with E-state index in [1.54, 1.807) is 12.1 Å². The fourth-order valence-electron chi connectivity index (χ4n) is 1.93. The van der Waals surface area contributed by atoms with E-state index >= 15 is 0 Å². The molecule has 0 saturated heterocycles. The summed E-state index contributed by atoms with van der Waals surface area (Å²) in [5, 5.41) is 2.86. The van der Waals surface area contributed by atoms with Crippen molar-refractivity contribution in [3.8, 4) is 11.5 Å². The van der Waals surface area contributed by atoms with Gasteiger partial charge >= 0.3 is 0 Å². The second-order valence-corrected chi connectivity index (χ2v) is 5.06. The zero-order valence-electron chi connectivity index (χ0n) is 11.2. The lowest BCUT2D eigenvalue weighted by Gasteiger charge is -2.05. The minimum atomic E-state index is -0.226. The molecule has 6 nitrogen and oxygen atoms in total. The Morgan fingerprint density at radius 3 is 2.90 bits per heavy atom. The summed E-state index contributed by atoms with van der Waals surface area (Å²) in [6.07, 6.45) is 2.37. The second-order valence-electron chi connectivity index (χ2n) is 5.06. The van der Waals surface area contributed by atoms with Crippen molar-refractivity contribution in [2.45, 2.75) is 19.8 Å². The van der Waals surface area contributed by atoms with Crippen LogP contribution >= 0.6 is 0 Å². The summed E-state index contributed by atoms with van der Waals surface area (Å²) in [6, 6.07) is 5.22. The van der Waals surface area contributed by atoms with E-state index in [1.165, 1.54) is 12.8 Å². The van der Waals surface area contributed by atoms with E-state index in [0.29, 0.717) is 23.9 Å². The van der Waals surface area contributed by atoms with E-state index in [-0.39, 0.29) is 17.5 Å². The highest BCUT2D eigenvalue weighted by molar-refractivity contribution is 5.93. The molecule has 1 aliphatic rings. The molecule has 0 radical (unpaired) electrons. The van der Waals surface area contributed by atoms with Crippen molar-refractivity contribution in [1.29, 1.82) is 0 Å². The summed E-state index contributed by atoms with van der Waals surface area (Å²) in [6.45, 7) is 2.54. The first kappa shape index (κ1) is 12.7. The maximum atomic E-state index is 12.0. The highest BCUT2D eigenvalue weighted by atomic mass is 16.3. The summed E-state index contributed by atoms with van der Waals surface area (Å²) in [4.78, 5) is 20.1. The Morgan fingerprint density at radius 2 is 2.25 bits per heavy atom. The number of nitrogens with two attached hydrogens (primary N) is 1. The van der Waals surface area contributed by atoms with Crippen molar-refractivity contribution in [1.82, 2.24) is 15.3 Å². The van der Waals surface area contributed by atoms with E-state index in [4.69, 9.17) is 10.2 Å². The Labute approximate surface area is 116 Å². The van der Waals surface area contributed by atoms with Crippen LogP contribution in [0.1, 0.15) is 29.1 Å². The van der Waals surface area contributed by atoms with Gasteiger partial charge < -0.3 is 15.5 Å². The molecule has 2 aromatic rings. The molecule has 104 valence electrons. The largest absolute Gasteiger partial charge is 0.460 e. The third kappa shape index (κ3) is 2.79. The van der Waals surface area contributed by atoms with Crippen LogP contribution in [0.4, 0.5) is 5.95 Å². The molecule has 0 aliphatic heterocycles. The number of carbonyl (C=O) groups is 1. The predicted octanol–water partition coefficient (Wildman–Crippen LogP) is 1.77. The molecular formula is C14H16N4O2. The first-order valence-corrected chi connectivity index (χ1v) is 6.61. The lowest BCUT2D eigenvalue weighted by atomic mass is 10.2. The number of nitrogen functional groups attached to an aromatic ring is 1. The number of aromatic nitrogens is 2. The van der Waals surface area contributed by atoms with Gasteiger partial charge in [0.25, 0.3) is 5.91 Å². The average molecular weight is 272 g/mol. The molecule has 2 heterocycles. The Kier molecular flexibility index (Phi) is 3.14. The third-order valence-electron chi connectivity index (χ3n) is 3.22. The summed E-state index contributed by atoms with van der Waals surface area (Å²) < 4.78 is 5.49. The van der Waals surface area contributed by atoms with Gasteiger partial charge in [0, 0.05) is 6.54 Å². The van der Waals surface area contributed by atoms with Crippen LogP contribution in [-0.4, -0.2) is 22.4 Å². The van der Waals surface area contributed by atoms with Crippen molar-refractivity contribution >= 4 is 11.9 Å². The Balaban J connectivity index is 1.83. The van der Waals surface area contributed by atoms with Crippen LogP contribution in [0.3, 0.4) is 0 Å². The van der Waals surface area contributed by atoms with Crippen LogP contribution in [-0.2, 0) is 0 Å². The van der Waals surface area contributed by atoms with Gasteiger partial charge in [-0.05, 0) is 43.9 Å². The average Bonchev–Trinajstić information content (AvgIpc) is 3.15. The van der Waals surface area contributed by atoms with Gasteiger partial charge in [-0.15, -0.1) is 0 Å². The molecular weight excluding hydrogens is 256 g/mol. The van der Waals surface area contributed by atoms with Crippen LogP contribution in [0.2, 0.25) is 0 Å². The quantitative estimate of drug-likeness (QED) is 0.884. The standard InChI is InChI=1S/C14H16N4O2/c1-8-2-5-12(20-8)10-6-11(18-14(15)17-10)13(19)16-7-9-3-4-9/h2,5-6,9H,3-4,7H2,1H3,(H,16,19)(H2,15,17,18). The fourth-order valence-corrected chi connectivity index (χ4v) is 1.93. The van der Waals surface area contributed by atoms with Gasteiger partial charge in [-0.2, -0.15) is 0 Å². The van der Waals surface area contributed by atoms with Gasteiger partial charge in [0.05, 0.1) is 0 Å². The first-order chi connectivity index (χ1) is 9.61. The van der Waals surface area contributed by atoms with Crippen molar-refractivity contribution in [2.24, 2.45) is 5.92 Å². The topological polar surface area (TPSA) is 94.0 Å². The number of furan rings is 1. The van der Waals surface area contributed by atoms with Gasteiger partial charge in [-0.1, -0.05) is 0 Å². The highest BCUT2D eigenvalue weighted by Gasteiger charge is 2.22. The van der Waals surface area contributed by atoms with Crippen molar-refractivity contribution in [3.05, 3.63) is 29.7 Å². The number of amides is 1. The minimum absolute atomic E-state index is 0.0631. The zero-order valence-corrected chi connectivity index (χ0v) is 11.2. The monoisotopic (exact) mass is 272 g/mol. The number of nitrogens with zero attached hydrogens (tertiary/aromatic N) is 2. The van der Waals surface area contributed by atoms with Crippen LogP contribution < -0.4 is 11.1 Å². The maximum absolute atomic E-state index is 12.0. The number of hydrogen-bond donors (Lipinski definition) is 2. The molecule has 20 heavy (non-hydrogen) atoms. The number of carbonyl (C=O) groups excluding carboxylic acids is 1. The van der Waals surface area contributed by atoms with E-state index in [1.807, 2.05) is 13.0 Å². The molecule has 6 heteroatoms. The van der Waals surface area contributed by atoms with Crippen LogP contribution in [0, 0.1) is 12.8 Å². The number of hydrogen-bond acceptors (Lipinski definition) is 5. The number of nitrogens with one attached hydrogen (secondary N) is 1. The van der Waals surface area contributed by atoms with E-state index in [0.717, 1.165) is 5.76 Å².